The first-order chi connectivity index (χ1) is 8.95. The van der Waals surface area contributed by atoms with E-state index in [2.05, 4.69) is 5.32 Å². The Balaban J connectivity index is 2.25. The maximum atomic E-state index is 13.1. The van der Waals surface area contributed by atoms with Gasteiger partial charge in [0.15, 0.2) is 0 Å². The molecule has 0 atom stereocenters. The Bertz CT molecular complexity index is 621. The molecule has 0 saturated heterocycles. The number of carbonyl (C=O) groups is 1. The number of hydrogen-bond donors (Lipinski definition) is 2. The van der Waals surface area contributed by atoms with Gasteiger partial charge >= 0.3 is 0 Å². The number of hydrogen-bond acceptors (Lipinski definition) is 2. The molecule has 0 aliphatic heterocycles. The molecule has 0 radical (unpaired) electrons. The van der Waals surface area contributed by atoms with Crippen LogP contribution >= 0.6 is 0 Å². The number of nitrogens with one attached hydrogen (secondary N) is 1. The maximum Gasteiger partial charge on any atom is 0.255 e. The summed E-state index contributed by atoms with van der Waals surface area (Å²) in [5, 5.41) is 2.52. The van der Waals surface area contributed by atoms with Crippen LogP contribution in [0.5, 0.6) is 0 Å². The van der Waals surface area contributed by atoms with Crippen LogP contribution in [0.25, 0.3) is 0 Å². The lowest BCUT2D eigenvalue weighted by Crippen LogP contribution is -2.13. The molecule has 0 fully saturated rings. The molecule has 2 rings (SSSR count). The molecule has 0 aliphatic carbocycles. The number of halogens is 2. The third-order valence-corrected chi connectivity index (χ3v) is 2.61. The predicted octanol–water partition coefficient (Wildman–Crippen LogP) is 3.11. The second-order valence-electron chi connectivity index (χ2n) is 4.19. The largest absolute Gasteiger partial charge is 0.399 e. The third kappa shape index (κ3) is 3.07. The van der Waals surface area contributed by atoms with E-state index in [1.807, 2.05) is 0 Å². The molecule has 0 aromatic heterocycles. The molecule has 2 aromatic carbocycles. The lowest BCUT2D eigenvalue weighted by atomic mass is 10.1. The van der Waals surface area contributed by atoms with E-state index in [0.29, 0.717) is 11.1 Å². The van der Waals surface area contributed by atoms with Crippen molar-refractivity contribution in [1.82, 2.24) is 0 Å². The molecule has 0 saturated carbocycles. The molecular formula is C14H12F2N2O. The SMILES string of the molecule is Cc1cc(F)ccc1C(=O)Nc1cc(N)cc(F)c1. The van der Waals surface area contributed by atoms with Crippen LogP contribution in [0.3, 0.4) is 0 Å². The lowest BCUT2D eigenvalue weighted by molar-refractivity contribution is 0.102. The molecular weight excluding hydrogens is 250 g/mol. The quantitative estimate of drug-likeness (QED) is 0.817. The van der Waals surface area contributed by atoms with Gasteiger partial charge in [0.25, 0.3) is 5.91 Å². The van der Waals surface area contributed by atoms with Crippen molar-refractivity contribution in [3.05, 3.63) is 59.2 Å². The van der Waals surface area contributed by atoms with Gasteiger partial charge in [-0.05, 0) is 48.9 Å². The summed E-state index contributed by atoms with van der Waals surface area (Å²) < 4.78 is 26.1. The molecule has 2 aromatic rings. The van der Waals surface area contributed by atoms with Gasteiger partial charge in [0.1, 0.15) is 11.6 Å². The average molecular weight is 262 g/mol. The standard InChI is InChI=1S/C14H12F2N2O/c1-8-4-9(15)2-3-13(8)14(19)18-12-6-10(16)5-11(17)7-12/h2-7H,17H2,1H3,(H,18,19). The van der Waals surface area contributed by atoms with E-state index in [9.17, 15) is 13.6 Å². The smallest absolute Gasteiger partial charge is 0.255 e. The summed E-state index contributed by atoms with van der Waals surface area (Å²) in [6, 6.07) is 7.59. The van der Waals surface area contributed by atoms with E-state index in [4.69, 9.17) is 5.73 Å². The van der Waals surface area contributed by atoms with Gasteiger partial charge in [-0.25, -0.2) is 8.78 Å². The van der Waals surface area contributed by atoms with Gasteiger partial charge in [-0.15, -0.1) is 0 Å². The zero-order chi connectivity index (χ0) is 14.0. The van der Waals surface area contributed by atoms with Crippen LogP contribution in [-0.2, 0) is 0 Å². The maximum absolute atomic E-state index is 13.1. The monoisotopic (exact) mass is 262 g/mol. The zero-order valence-corrected chi connectivity index (χ0v) is 10.2. The summed E-state index contributed by atoms with van der Waals surface area (Å²) in [6.45, 7) is 1.62. The van der Waals surface area contributed by atoms with Crippen molar-refractivity contribution >= 4 is 17.3 Å². The van der Waals surface area contributed by atoms with E-state index in [0.717, 1.165) is 12.1 Å². The molecule has 5 heteroatoms. The summed E-state index contributed by atoms with van der Waals surface area (Å²) in [5.41, 5.74) is 6.78. The highest BCUT2D eigenvalue weighted by Crippen LogP contribution is 2.17. The molecule has 1 amide bonds. The van der Waals surface area contributed by atoms with Crippen LogP contribution in [0, 0.1) is 18.6 Å². The molecule has 3 nitrogen and oxygen atoms in total. The Kier molecular flexibility index (Phi) is 3.46. The van der Waals surface area contributed by atoms with Gasteiger partial charge in [0, 0.05) is 16.9 Å². The number of carbonyl (C=O) groups excluding carboxylic acids is 1. The number of amides is 1. The highest BCUT2D eigenvalue weighted by molar-refractivity contribution is 6.05. The second kappa shape index (κ2) is 5.06. The van der Waals surface area contributed by atoms with E-state index < -0.39 is 17.5 Å². The Labute approximate surface area is 109 Å². The van der Waals surface area contributed by atoms with Crippen molar-refractivity contribution in [3.63, 3.8) is 0 Å². The Morgan fingerprint density at radius 2 is 1.84 bits per heavy atom. The highest BCUT2D eigenvalue weighted by Gasteiger charge is 2.10. The lowest BCUT2D eigenvalue weighted by Gasteiger charge is -2.08. The van der Waals surface area contributed by atoms with E-state index >= 15 is 0 Å². The minimum Gasteiger partial charge on any atom is -0.399 e. The molecule has 0 spiro atoms. The minimum atomic E-state index is -0.536. The van der Waals surface area contributed by atoms with Crippen molar-refractivity contribution < 1.29 is 13.6 Å². The highest BCUT2D eigenvalue weighted by atomic mass is 19.1. The van der Waals surface area contributed by atoms with Gasteiger partial charge in [-0.1, -0.05) is 0 Å². The second-order valence-corrected chi connectivity index (χ2v) is 4.19. The van der Waals surface area contributed by atoms with Crippen molar-refractivity contribution in [2.75, 3.05) is 11.1 Å². The summed E-state index contributed by atoms with van der Waals surface area (Å²) in [4.78, 5) is 12.0. The zero-order valence-electron chi connectivity index (χ0n) is 10.2. The topological polar surface area (TPSA) is 55.1 Å². The van der Waals surface area contributed by atoms with Crippen LogP contribution in [-0.4, -0.2) is 5.91 Å². The fourth-order valence-electron chi connectivity index (χ4n) is 1.76. The number of aryl methyl sites for hydroxylation is 1. The molecule has 0 heterocycles. The van der Waals surface area contributed by atoms with E-state index in [1.165, 1.54) is 24.3 Å². The summed E-state index contributed by atoms with van der Waals surface area (Å²) >= 11 is 0. The molecule has 0 unspecified atom stereocenters. The van der Waals surface area contributed by atoms with Gasteiger partial charge in [0.2, 0.25) is 0 Å². The van der Waals surface area contributed by atoms with Crippen molar-refractivity contribution in [2.24, 2.45) is 0 Å². The fourth-order valence-corrected chi connectivity index (χ4v) is 1.76. The Hall–Kier alpha value is -2.43. The van der Waals surface area contributed by atoms with Crippen LogP contribution in [0.2, 0.25) is 0 Å². The van der Waals surface area contributed by atoms with Crippen LogP contribution in [0.1, 0.15) is 15.9 Å². The number of benzene rings is 2. The molecule has 98 valence electrons. The van der Waals surface area contributed by atoms with Crippen LogP contribution < -0.4 is 11.1 Å². The van der Waals surface area contributed by atoms with Crippen molar-refractivity contribution in [1.29, 1.82) is 0 Å². The van der Waals surface area contributed by atoms with Gasteiger partial charge < -0.3 is 11.1 Å². The Morgan fingerprint density at radius 1 is 1.11 bits per heavy atom. The molecule has 0 aliphatic rings. The summed E-state index contributed by atoms with van der Waals surface area (Å²) in [7, 11) is 0. The molecule has 3 N–H and O–H groups in total. The number of nitrogen functional groups attached to an aromatic ring is 1. The normalized spacial score (nSPS) is 10.3. The summed E-state index contributed by atoms with van der Waals surface area (Å²) in [5.74, 6) is -1.39. The van der Waals surface area contributed by atoms with Crippen molar-refractivity contribution in [3.8, 4) is 0 Å². The first-order valence-corrected chi connectivity index (χ1v) is 5.59. The fraction of sp³-hybridized carbons (Fsp3) is 0.0714. The average Bonchev–Trinajstić information content (AvgIpc) is 2.26. The molecule has 0 bridgehead atoms. The Morgan fingerprint density at radius 3 is 2.47 bits per heavy atom. The third-order valence-electron chi connectivity index (χ3n) is 2.61. The van der Waals surface area contributed by atoms with Gasteiger partial charge in [-0.3, -0.25) is 4.79 Å². The van der Waals surface area contributed by atoms with Crippen LogP contribution in [0.15, 0.2) is 36.4 Å². The number of rotatable bonds is 2. The van der Waals surface area contributed by atoms with Crippen molar-refractivity contribution in [2.45, 2.75) is 6.92 Å². The van der Waals surface area contributed by atoms with Crippen LogP contribution in [0.4, 0.5) is 20.2 Å². The number of nitrogens with two attached hydrogens (primary N) is 1. The van der Waals surface area contributed by atoms with Gasteiger partial charge in [-0.2, -0.15) is 0 Å². The van der Waals surface area contributed by atoms with E-state index in [-0.39, 0.29) is 11.4 Å². The van der Waals surface area contributed by atoms with E-state index in [1.54, 1.807) is 6.92 Å². The number of anilines is 2. The van der Waals surface area contributed by atoms with Gasteiger partial charge in [0.05, 0.1) is 0 Å². The predicted molar refractivity (Wildman–Crippen MR) is 69.9 cm³/mol. The summed E-state index contributed by atoms with van der Waals surface area (Å²) in [6.07, 6.45) is 0. The molecule has 19 heavy (non-hydrogen) atoms. The minimum absolute atomic E-state index is 0.214. The first kappa shape index (κ1) is 13.0. The first-order valence-electron chi connectivity index (χ1n) is 5.59.